The Bertz CT molecular complexity index is 1200. The average Bonchev–Trinajstić information content (AvgIpc) is 3.44. The van der Waals surface area contributed by atoms with Gasteiger partial charge in [0.1, 0.15) is 11.5 Å². The summed E-state index contributed by atoms with van der Waals surface area (Å²) in [5, 5.41) is 32.7. The average molecular weight is 579 g/mol. The van der Waals surface area contributed by atoms with Gasteiger partial charge in [0.15, 0.2) is 17.7 Å². The Morgan fingerprint density at radius 3 is 2.67 bits per heavy atom. The number of benzene rings is 1. The van der Waals surface area contributed by atoms with Gasteiger partial charge in [0.05, 0.1) is 19.0 Å². The van der Waals surface area contributed by atoms with Crippen molar-refractivity contribution >= 4 is 35.5 Å². The van der Waals surface area contributed by atoms with Crippen molar-refractivity contribution in [3.8, 4) is 5.75 Å². The highest BCUT2D eigenvalue weighted by molar-refractivity contribution is 7.90. The molecule has 10 atom stereocenters. The Kier molecular flexibility index (Phi) is 7.65. The van der Waals surface area contributed by atoms with Gasteiger partial charge in [-0.15, -0.1) is 0 Å². The third kappa shape index (κ3) is 4.33. The second kappa shape index (κ2) is 10.3. The molecule has 0 aromatic heterocycles. The number of carboxylic acids is 1. The van der Waals surface area contributed by atoms with Crippen LogP contribution in [0.25, 0.3) is 0 Å². The van der Waals surface area contributed by atoms with Gasteiger partial charge in [0, 0.05) is 29.1 Å². The second-order valence-corrected chi connectivity index (χ2v) is 14.8. The van der Waals surface area contributed by atoms with E-state index in [0.717, 1.165) is 12.8 Å². The molecule has 1 aliphatic heterocycles. The normalized spacial score (nSPS) is 40.6. The Balaban J connectivity index is 1.68. The van der Waals surface area contributed by atoms with Crippen LogP contribution >= 0.6 is 0 Å². The van der Waals surface area contributed by atoms with E-state index in [9.17, 15) is 29.4 Å². The SMILES string of the molecule is C[C@@H]1CC[C@@]23CCC(=O)[C@H]2[C@@]1(C)[C@H](C(Oc1ccc2c(c1F)B(O)OC2)C(=O)O)C[C@@](C)(C[S+](C)[O-])[C@@H](O)[C@@H]3C. The molecule has 4 aliphatic rings. The van der Waals surface area contributed by atoms with Gasteiger partial charge < -0.3 is 29.2 Å². The smallest absolute Gasteiger partial charge is 0.494 e. The summed E-state index contributed by atoms with van der Waals surface area (Å²) in [6, 6.07) is 2.90. The Labute approximate surface area is 238 Å². The van der Waals surface area contributed by atoms with Crippen molar-refractivity contribution < 1.29 is 43.2 Å². The van der Waals surface area contributed by atoms with Gasteiger partial charge in [-0.3, -0.25) is 4.79 Å². The number of rotatable bonds is 6. The molecule has 8 nitrogen and oxygen atoms in total. The summed E-state index contributed by atoms with van der Waals surface area (Å²) in [5.41, 5.74) is -1.91. The van der Waals surface area contributed by atoms with Crippen LogP contribution in [0.15, 0.2) is 12.1 Å². The minimum atomic E-state index is -1.56. The zero-order valence-electron chi connectivity index (χ0n) is 23.8. The second-order valence-electron chi connectivity index (χ2n) is 13.3. The third-order valence-corrected chi connectivity index (χ3v) is 12.4. The number of carbonyl (C=O) groups excluding carboxylic acids is 1. The van der Waals surface area contributed by atoms with Gasteiger partial charge in [-0.2, -0.15) is 0 Å². The van der Waals surface area contributed by atoms with Gasteiger partial charge in [0.2, 0.25) is 0 Å². The van der Waals surface area contributed by atoms with Crippen molar-refractivity contribution in [3.63, 3.8) is 0 Å². The number of halogens is 1. The van der Waals surface area contributed by atoms with E-state index in [4.69, 9.17) is 9.39 Å². The lowest BCUT2D eigenvalue weighted by Crippen LogP contribution is -2.64. The number of hydrogen-bond acceptors (Lipinski definition) is 7. The standard InChI is InChI=1S/C29H40BFO8S/c1-15-8-10-29-11-9-19(32)24(29)28(15,4)18(12-27(3,14-40(5)37)25(33)16(29)2)23(26(34)35)39-20-7-6-17-13-38-30(36)21(17)22(20)31/h6-7,15-16,18,23-25,33,36H,8-14H2,1-5H3,(H,34,35)/t15-,16+,18+,23?,24+,25+,27+,28-,29+,40?/m1/s1. The molecule has 1 heterocycles. The molecule has 1 aromatic carbocycles. The van der Waals surface area contributed by atoms with Crippen molar-refractivity contribution in [2.24, 2.45) is 39.9 Å². The minimum absolute atomic E-state index is 0.0305. The number of fused-ring (bicyclic) bond motifs is 1. The fourth-order valence-electron chi connectivity index (χ4n) is 9.17. The summed E-state index contributed by atoms with van der Waals surface area (Å²) in [5.74, 6) is -3.88. The Morgan fingerprint density at radius 1 is 1.32 bits per heavy atom. The molecule has 0 saturated heterocycles. The first kappa shape index (κ1) is 29.8. The highest BCUT2D eigenvalue weighted by atomic mass is 32.2. The quantitative estimate of drug-likeness (QED) is 0.346. The van der Waals surface area contributed by atoms with Crippen molar-refractivity contribution in [3.05, 3.63) is 23.5 Å². The summed E-state index contributed by atoms with van der Waals surface area (Å²) in [6.45, 7) is 7.89. The first-order chi connectivity index (χ1) is 18.7. The Hall–Kier alpha value is -1.66. The molecule has 3 N–H and O–H groups in total. The summed E-state index contributed by atoms with van der Waals surface area (Å²) in [6.07, 6.45) is 1.69. The highest BCUT2D eigenvalue weighted by Gasteiger charge is 2.69. The van der Waals surface area contributed by atoms with Gasteiger partial charge in [-0.25, -0.2) is 9.18 Å². The molecule has 220 valence electrons. The lowest BCUT2D eigenvalue weighted by atomic mass is 9.41. The van der Waals surface area contributed by atoms with Crippen LogP contribution in [-0.2, 0) is 32.0 Å². The van der Waals surface area contributed by atoms with E-state index in [0.29, 0.717) is 18.4 Å². The van der Waals surface area contributed by atoms with E-state index in [1.165, 1.54) is 6.07 Å². The number of aliphatic hydroxyl groups is 1. The van der Waals surface area contributed by atoms with Crippen molar-refractivity contribution in [2.75, 3.05) is 12.0 Å². The zero-order valence-corrected chi connectivity index (χ0v) is 24.6. The number of hydrogen-bond donors (Lipinski definition) is 3. The first-order valence-electron chi connectivity index (χ1n) is 14.2. The zero-order chi connectivity index (χ0) is 29.4. The molecule has 0 amide bonds. The summed E-state index contributed by atoms with van der Waals surface area (Å²) >= 11 is -1.30. The van der Waals surface area contributed by atoms with Crippen LogP contribution in [0.4, 0.5) is 4.39 Å². The monoisotopic (exact) mass is 578 g/mol. The maximum absolute atomic E-state index is 15.6. The molecule has 2 bridgehead atoms. The predicted molar refractivity (Wildman–Crippen MR) is 148 cm³/mol. The van der Waals surface area contributed by atoms with Crippen LogP contribution in [0.3, 0.4) is 0 Å². The summed E-state index contributed by atoms with van der Waals surface area (Å²) in [4.78, 5) is 26.8. The van der Waals surface area contributed by atoms with Crippen LogP contribution in [0.2, 0.25) is 0 Å². The molecule has 3 fully saturated rings. The lowest BCUT2D eigenvalue weighted by molar-refractivity contribution is -0.196. The van der Waals surface area contributed by atoms with Crippen LogP contribution in [0, 0.1) is 45.7 Å². The summed E-state index contributed by atoms with van der Waals surface area (Å²) in [7, 11) is -1.48. The topological polar surface area (TPSA) is 136 Å². The number of carbonyl (C=O) groups is 2. The molecule has 0 spiro atoms. The molecule has 3 aliphatic carbocycles. The maximum Gasteiger partial charge on any atom is 0.494 e. The van der Waals surface area contributed by atoms with E-state index in [-0.39, 0.29) is 47.6 Å². The van der Waals surface area contributed by atoms with E-state index in [1.54, 1.807) is 12.3 Å². The first-order valence-corrected chi connectivity index (χ1v) is 15.9. The predicted octanol–water partition coefficient (Wildman–Crippen LogP) is 2.68. The van der Waals surface area contributed by atoms with Crippen LogP contribution in [0.5, 0.6) is 5.75 Å². The minimum Gasteiger partial charge on any atom is -0.617 e. The van der Waals surface area contributed by atoms with Gasteiger partial charge in [-0.05, 0) is 60.0 Å². The van der Waals surface area contributed by atoms with Gasteiger partial charge in [-0.1, -0.05) is 44.9 Å². The highest BCUT2D eigenvalue weighted by Crippen LogP contribution is 2.69. The fourth-order valence-corrected chi connectivity index (χ4v) is 10.4. The fraction of sp³-hybridized carbons (Fsp3) is 0.724. The molecule has 1 aromatic rings. The van der Waals surface area contributed by atoms with Crippen LogP contribution in [-0.4, -0.2) is 62.9 Å². The molecule has 5 rings (SSSR count). The van der Waals surface area contributed by atoms with E-state index < -0.39 is 70.4 Å². The maximum atomic E-state index is 15.6. The third-order valence-electron chi connectivity index (χ3n) is 11.3. The van der Waals surface area contributed by atoms with Crippen molar-refractivity contribution in [1.29, 1.82) is 0 Å². The molecule has 0 radical (unpaired) electrons. The molecule has 3 saturated carbocycles. The number of carboxylic acid groups (broad SMARTS) is 1. The molecule has 2 unspecified atom stereocenters. The largest absolute Gasteiger partial charge is 0.617 e. The van der Waals surface area contributed by atoms with Crippen molar-refractivity contribution in [1.82, 2.24) is 0 Å². The molecular weight excluding hydrogens is 538 g/mol. The Morgan fingerprint density at radius 2 is 2.02 bits per heavy atom. The molecule has 40 heavy (non-hydrogen) atoms. The van der Waals surface area contributed by atoms with E-state index in [1.807, 2.05) is 27.7 Å². The summed E-state index contributed by atoms with van der Waals surface area (Å²) < 4.78 is 39.4. The van der Waals surface area contributed by atoms with Gasteiger partial charge in [0.25, 0.3) is 0 Å². The van der Waals surface area contributed by atoms with E-state index in [2.05, 4.69) is 0 Å². The molecular formula is C29H40BFO8S. The number of ketones is 1. The van der Waals surface area contributed by atoms with E-state index >= 15 is 4.39 Å². The van der Waals surface area contributed by atoms with Crippen molar-refractivity contribution in [2.45, 2.75) is 78.6 Å². The number of ether oxygens (including phenoxy) is 1. The van der Waals surface area contributed by atoms with Crippen LogP contribution in [0.1, 0.15) is 65.4 Å². The van der Waals surface area contributed by atoms with Crippen LogP contribution < -0.4 is 10.2 Å². The number of aliphatic hydroxyl groups excluding tert-OH is 1. The molecule has 11 heteroatoms. The lowest BCUT2D eigenvalue weighted by Gasteiger charge is -2.63. The number of Topliss-reactive ketones (excluding diaryl/α,β-unsaturated/α-hetero) is 1. The van der Waals surface area contributed by atoms with Gasteiger partial charge >= 0.3 is 13.1 Å². The number of aliphatic carboxylic acids is 1.